The Morgan fingerprint density at radius 2 is 2.55 bits per heavy atom. The van der Waals surface area contributed by atoms with Gasteiger partial charge in [0.05, 0.1) is 0 Å². The third-order valence-electron chi connectivity index (χ3n) is 2.31. The Bertz CT molecular complexity index is 189. The van der Waals surface area contributed by atoms with Crippen molar-refractivity contribution in [1.82, 2.24) is 0 Å². The Morgan fingerprint density at radius 1 is 1.73 bits per heavy atom. The molecule has 2 fully saturated rings. The molecule has 2 heterocycles. The van der Waals surface area contributed by atoms with Crippen LogP contribution in [0, 0.1) is 0 Å². The van der Waals surface area contributed by atoms with Crippen molar-refractivity contribution in [3.63, 3.8) is 0 Å². The molecular formula is C6H9BO3S. The van der Waals surface area contributed by atoms with E-state index in [0.717, 1.165) is 6.42 Å². The second-order valence-corrected chi connectivity index (χ2v) is 3.39. The standard InChI is InChI=1S/C6H9BO3S/c8-2-6-1-4(9-3-6)5(7-11)10-6/h4-5,8H,1-3H2/t4?,5-,6+/m1/s1. The summed E-state index contributed by atoms with van der Waals surface area (Å²) in [5.41, 5.74) is -0.440. The molecule has 0 aromatic heterocycles. The van der Waals surface area contributed by atoms with Gasteiger partial charge >= 0.3 is 70.1 Å². The van der Waals surface area contributed by atoms with Crippen LogP contribution in [-0.2, 0) is 9.47 Å². The zero-order chi connectivity index (χ0) is 7.90. The van der Waals surface area contributed by atoms with Crippen LogP contribution in [0.4, 0.5) is 0 Å². The van der Waals surface area contributed by atoms with Gasteiger partial charge in [0.15, 0.2) is 0 Å². The number of hydrogen-bond donors (Lipinski definition) is 1. The summed E-state index contributed by atoms with van der Waals surface area (Å²) in [4.78, 5) is 0. The summed E-state index contributed by atoms with van der Waals surface area (Å²) >= 11 is 4.76. The molecule has 2 aliphatic heterocycles. The number of aliphatic hydroxyl groups excluding tert-OH is 1. The molecule has 0 aliphatic carbocycles. The van der Waals surface area contributed by atoms with Gasteiger partial charge in [-0.25, -0.2) is 0 Å². The van der Waals surface area contributed by atoms with Crippen LogP contribution in [-0.4, -0.2) is 42.2 Å². The van der Waals surface area contributed by atoms with Gasteiger partial charge in [-0.3, -0.25) is 0 Å². The molecule has 5 heteroatoms. The number of ether oxygens (including phenoxy) is 2. The molecule has 0 aromatic rings. The summed E-state index contributed by atoms with van der Waals surface area (Å²) in [6.07, 6.45) is 2.43. The van der Waals surface area contributed by atoms with E-state index in [2.05, 4.69) is 0 Å². The molecule has 2 bridgehead atoms. The predicted octanol–water partition coefficient (Wildman–Crippen LogP) is -0.321. The minimum atomic E-state index is -0.440. The molecule has 0 radical (unpaired) electrons. The molecule has 60 valence electrons. The fraction of sp³-hybridized carbons (Fsp3) is 1.00. The molecule has 11 heavy (non-hydrogen) atoms. The summed E-state index contributed by atoms with van der Waals surface area (Å²) in [7, 11) is 0. The normalized spacial score (nSPS) is 47.7. The molecule has 2 aliphatic rings. The van der Waals surface area contributed by atoms with Gasteiger partial charge in [0.2, 0.25) is 0 Å². The van der Waals surface area contributed by atoms with E-state index < -0.39 is 5.60 Å². The monoisotopic (exact) mass is 172 g/mol. The summed E-state index contributed by atoms with van der Waals surface area (Å²) in [5, 5.41) is 9.00. The van der Waals surface area contributed by atoms with Gasteiger partial charge in [-0.2, -0.15) is 0 Å². The third-order valence-corrected chi connectivity index (χ3v) is 2.58. The van der Waals surface area contributed by atoms with Crippen LogP contribution in [0.15, 0.2) is 0 Å². The molecule has 0 spiro atoms. The summed E-state index contributed by atoms with van der Waals surface area (Å²) < 4.78 is 10.9. The van der Waals surface area contributed by atoms with Crippen molar-refractivity contribution in [1.29, 1.82) is 0 Å². The van der Waals surface area contributed by atoms with E-state index in [1.54, 1.807) is 6.15 Å². The molecule has 2 rings (SSSR count). The SMILES string of the molecule is OC[C@]12COC(C1)[C@H](B=S)O2. The zero-order valence-corrected chi connectivity index (χ0v) is 6.84. The molecule has 0 amide bonds. The van der Waals surface area contributed by atoms with Gasteiger partial charge in [-0.1, -0.05) is 0 Å². The Labute approximate surface area is 70.8 Å². The maximum absolute atomic E-state index is 9.00. The van der Waals surface area contributed by atoms with E-state index in [9.17, 15) is 0 Å². The van der Waals surface area contributed by atoms with Crippen LogP contribution in [0.5, 0.6) is 0 Å². The number of hydrogen-bond acceptors (Lipinski definition) is 4. The Kier molecular flexibility index (Phi) is 1.83. The molecule has 3 nitrogen and oxygen atoms in total. The van der Waals surface area contributed by atoms with E-state index in [1.807, 2.05) is 0 Å². The Balaban J connectivity index is 2.14. The van der Waals surface area contributed by atoms with E-state index in [4.69, 9.17) is 26.6 Å². The molecule has 3 atom stereocenters. The summed E-state index contributed by atoms with van der Waals surface area (Å²) in [6.45, 7) is 0.539. The summed E-state index contributed by atoms with van der Waals surface area (Å²) in [6, 6.07) is -0.0918. The van der Waals surface area contributed by atoms with Crippen molar-refractivity contribution in [2.75, 3.05) is 13.2 Å². The Morgan fingerprint density at radius 3 is 3.00 bits per heavy atom. The molecule has 0 saturated carbocycles. The second-order valence-electron chi connectivity index (χ2n) is 3.11. The average molecular weight is 172 g/mol. The van der Waals surface area contributed by atoms with Crippen LogP contribution < -0.4 is 0 Å². The van der Waals surface area contributed by atoms with Crippen LogP contribution in [0.25, 0.3) is 0 Å². The fourth-order valence-electron chi connectivity index (χ4n) is 1.66. The van der Waals surface area contributed by atoms with Gasteiger partial charge in [0, 0.05) is 0 Å². The van der Waals surface area contributed by atoms with Crippen molar-refractivity contribution in [2.45, 2.75) is 24.1 Å². The predicted molar refractivity (Wildman–Crippen MR) is 42.4 cm³/mol. The zero-order valence-electron chi connectivity index (χ0n) is 6.03. The van der Waals surface area contributed by atoms with E-state index in [-0.39, 0.29) is 18.7 Å². The van der Waals surface area contributed by atoms with Crippen molar-refractivity contribution >= 4 is 18.2 Å². The maximum atomic E-state index is 9.00. The first-order chi connectivity index (χ1) is 5.29. The first-order valence-electron chi connectivity index (χ1n) is 3.65. The van der Waals surface area contributed by atoms with Crippen LogP contribution in [0.3, 0.4) is 0 Å². The fourth-order valence-corrected chi connectivity index (χ4v) is 1.89. The molecule has 2 saturated heterocycles. The van der Waals surface area contributed by atoms with E-state index in [1.165, 1.54) is 0 Å². The van der Waals surface area contributed by atoms with E-state index >= 15 is 0 Å². The Hall–Kier alpha value is 0.165. The van der Waals surface area contributed by atoms with Crippen molar-refractivity contribution in [2.24, 2.45) is 0 Å². The topological polar surface area (TPSA) is 38.7 Å². The van der Waals surface area contributed by atoms with Gasteiger partial charge in [-0.05, 0) is 0 Å². The first kappa shape index (κ1) is 7.80. The number of aliphatic hydroxyl groups is 1. The number of fused-ring (bicyclic) bond motifs is 2. The summed E-state index contributed by atoms with van der Waals surface area (Å²) in [5.74, 6) is 0. The quantitative estimate of drug-likeness (QED) is 0.579. The van der Waals surface area contributed by atoms with Crippen molar-refractivity contribution in [3.8, 4) is 0 Å². The van der Waals surface area contributed by atoms with Crippen LogP contribution in [0.2, 0.25) is 0 Å². The molecule has 1 N–H and O–H groups in total. The average Bonchev–Trinajstić information content (AvgIpc) is 2.61. The third kappa shape index (κ3) is 1.07. The van der Waals surface area contributed by atoms with Crippen LogP contribution >= 0.6 is 12.1 Å². The molecular weight excluding hydrogens is 163 g/mol. The number of rotatable bonds is 2. The van der Waals surface area contributed by atoms with Crippen molar-refractivity contribution < 1.29 is 14.6 Å². The van der Waals surface area contributed by atoms with Gasteiger partial charge in [0.25, 0.3) is 0 Å². The van der Waals surface area contributed by atoms with E-state index in [0.29, 0.717) is 6.61 Å². The van der Waals surface area contributed by atoms with Crippen LogP contribution in [0.1, 0.15) is 6.42 Å². The molecule has 1 unspecified atom stereocenters. The van der Waals surface area contributed by atoms with Crippen molar-refractivity contribution in [3.05, 3.63) is 0 Å². The van der Waals surface area contributed by atoms with Gasteiger partial charge < -0.3 is 0 Å². The first-order valence-corrected chi connectivity index (χ1v) is 4.12. The molecule has 0 aromatic carbocycles. The van der Waals surface area contributed by atoms with Gasteiger partial charge in [-0.15, -0.1) is 0 Å². The minimum absolute atomic E-state index is 0.0309. The van der Waals surface area contributed by atoms with Gasteiger partial charge in [0.1, 0.15) is 0 Å². The second kappa shape index (κ2) is 2.59.